The van der Waals surface area contributed by atoms with Crippen LogP contribution in [0.4, 0.5) is 0 Å². The molecule has 4 aromatic heterocycles. The van der Waals surface area contributed by atoms with E-state index in [1.165, 1.54) is 21.7 Å². The molecule has 0 radical (unpaired) electrons. The van der Waals surface area contributed by atoms with Crippen LogP contribution in [0, 0.1) is 0 Å². The van der Waals surface area contributed by atoms with Crippen molar-refractivity contribution in [3.63, 3.8) is 0 Å². The Labute approximate surface area is 358 Å². The first-order valence-electron chi connectivity index (χ1n) is 20.9. The second kappa shape index (κ2) is 14.7. The van der Waals surface area contributed by atoms with E-state index >= 15 is 0 Å². The first-order valence-corrected chi connectivity index (χ1v) is 20.9. The highest BCUT2D eigenvalue weighted by Gasteiger charge is 2.22. The van der Waals surface area contributed by atoms with Gasteiger partial charge in [0.1, 0.15) is 5.69 Å². The number of para-hydroxylation sites is 2. The Kier molecular flexibility index (Phi) is 8.42. The summed E-state index contributed by atoms with van der Waals surface area (Å²) < 4.78 is 4.48. The van der Waals surface area contributed by atoms with Crippen LogP contribution in [-0.2, 0) is 0 Å². The van der Waals surface area contributed by atoms with E-state index in [1.54, 1.807) is 0 Å². The van der Waals surface area contributed by atoms with Crippen molar-refractivity contribution in [2.75, 3.05) is 0 Å². The maximum absolute atomic E-state index is 5.45. The number of pyridine rings is 1. The van der Waals surface area contributed by atoms with E-state index in [2.05, 4.69) is 227 Å². The molecule has 0 bridgehead atoms. The average Bonchev–Trinajstić information content (AvgIpc) is 3.92. The van der Waals surface area contributed by atoms with Crippen molar-refractivity contribution in [3.05, 3.63) is 224 Å². The number of rotatable bonds is 7. The third-order valence-corrected chi connectivity index (χ3v) is 11.9. The van der Waals surface area contributed by atoms with Gasteiger partial charge in [0.05, 0.1) is 33.6 Å². The largest absolute Gasteiger partial charge is 0.309 e. The van der Waals surface area contributed by atoms with Crippen LogP contribution in [0.15, 0.2) is 224 Å². The molecular formula is C57H37N5. The van der Waals surface area contributed by atoms with Gasteiger partial charge >= 0.3 is 0 Å². The molecule has 12 rings (SSSR count). The number of nitrogens with zero attached hydrogens (tertiary/aromatic N) is 5. The molecule has 5 heteroatoms. The Bertz CT molecular complexity index is 3590. The molecule has 12 aromatic rings. The lowest BCUT2D eigenvalue weighted by molar-refractivity contribution is 0.979. The Morgan fingerprint density at radius 1 is 0.355 bits per heavy atom. The van der Waals surface area contributed by atoms with Gasteiger partial charge in [0.2, 0.25) is 0 Å². The molecule has 0 unspecified atom stereocenters. The van der Waals surface area contributed by atoms with Gasteiger partial charge in [0.25, 0.3) is 0 Å². The predicted molar refractivity (Wildman–Crippen MR) is 255 cm³/mol. The Morgan fingerprint density at radius 3 is 1.63 bits per heavy atom. The van der Waals surface area contributed by atoms with Gasteiger partial charge < -0.3 is 4.57 Å². The van der Waals surface area contributed by atoms with Crippen LogP contribution in [0.2, 0.25) is 0 Å². The molecule has 0 aliphatic heterocycles. The van der Waals surface area contributed by atoms with Gasteiger partial charge in [-0.3, -0.25) is 0 Å². The second-order valence-corrected chi connectivity index (χ2v) is 15.7. The molecule has 0 saturated carbocycles. The molecule has 0 fully saturated rings. The van der Waals surface area contributed by atoms with Gasteiger partial charge in [-0.1, -0.05) is 182 Å². The van der Waals surface area contributed by atoms with Crippen LogP contribution < -0.4 is 0 Å². The molecule has 5 nitrogen and oxygen atoms in total. The fourth-order valence-electron chi connectivity index (χ4n) is 9.03. The van der Waals surface area contributed by atoms with Crippen molar-refractivity contribution >= 4 is 38.1 Å². The van der Waals surface area contributed by atoms with E-state index in [0.717, 1.165) is 83.8 Å². The summed E-state index contributed by atoms with van der Waals surface area (Å²) >= 11 is 0. The number of hydrogen-bond donors (Lipinski definition) is 0. The molecule has 8 aromatic carbocycles. The van der Waals surface area contributed by atoms with E-state index in [-0.39, 0.29) is 0 Å². The Morgan fingerprint density at radius 2 is 0.903 bits per heavy atom. The maximum atomic E-state index is 5.45. The fourth-order valence-corrected chi connectivity index (χ4v) is 9.03. The molecule has 0 amide bonds. The zero-order valence-corrected chi connectivity index (χ0v) is 33.6. The van der Waals surface area contributed by atoms with Crippen LogP contribution in [0.3, 0.4) is 0 Å². The predicted octanol–water partition coefficient (Wildman–Crippen LogP) is 14.4. The van der Waals surface area contributed by atoms with E-state index in [4.69, 9.17) is 15.1 Å². The second-order valence-electron chi connectivity index (χ2n) is 15.7. The highest BCUT2D eigenvalue weighted by Crippen LogP contribution is 2.42. The van der Waals surface area contributed by atoms with Crippen molar-refractivity contribution in [2.45, 2.75) is 0 Å². The molecule has 0 N–H and O–H groups in total. The minimum absolute atomic E-state index is 0.662. The van der Waals surface area contributed by atoms with Crippen LogP contribution >= 0.6 is 0 Å². The zero-order valence-electron chi connectivity index (χ0n) is 33.6. The molecule has 0 atom stereocenters. The van der Waals surface area contributed by atoms with Crippen molar-refractivity contribution < 1.29 is 0 Å². The van der Waals surface area contributed by atoms with E-state index in [0.29, 0.717) is 5.82 Å². The summed E-state index contributed by atoms with van der Waals surface area (Å²) in [6, 6.07) is 79.0. The molecule has 0 aliphatic carbocycles. The average molecular weight is 792 g/mol. The summed E-state index contributed by atoms with van der Waals surface area (Å²) in [7, 11) is 0. The number of fused-ring (bicyclic) bond motifs is 6. The normalized spacial score (nSPS) is 11.5. The van der Waals surface area contributed by atoms with Crippen molar-refractivity contribution in [1.29, 1.82) is 0 Å². The van der Waals surface area contributed by atoms with E-state index < -0.39 is 0 Å². The van der Waals surface area contributed by atoms with Crippen LogP contribution in [0.5, 0.6) is 0 Å². The molecule has 0 aliphatic rings. The first kappa shape index (κ1) is 35.5. The maximum Gasteiger partial charge on any atom is 0.160 e. The first-order chi connectivity index (χ1) is 30.7. The lowest BCUT2D eigenvalue weighted by Gasteiger charge is -2.11. The minimum atomic E-state index is 0.662. The fraction of sp³-hybridized carbons (Fsp3) is 0. The molecule has 0 saturated heterocycles. The Balaban J connectivity index is 1.02. The van der Waals surface area contributed by atoms with Gasteiger partial charge in [-0.15, -0.1) is 0 Å². The zero-order chi connectivity index (χ0) is 41.0. The van der Waals surface area contributed by atoms with E-state index in [9.17, 15) is 0 Å². The third kappa shape index (κ3) is 5.98. The van der Waals surface area contributed by atoms with Gasteiger partial charge in [0.15, 0.2) is 5.82 Å². The standard InChI is InChI=1S/C57H37N5/c1-5-17-38(18-6-1)49-37-50(44-33-34-52-48(35-44)47-27-15-16-28-51(47)61(52)45-24-11-4-12-25-45)59-57(58-49)42-31-29-41(30-32-42)55-54(40-21-9-3-10-22-40)56-46-26-14-13-23-43(46)36-53(62(56)60-55)39-19-7-2-8-20-39/h1-37H. The monoisotopic (exact) mass is 791 g/mol. The summed E-state index contributed by atoms with van der Waals surface area (Å²) in [6.07, 6.45) is 0. The van der Waals surface area contributed by atoms with Crippen LogP contribution in [-0.4, -0.2) is 24.1 Å². The van der Waals surface area contributed by atoms with Crippen molar-refractivity contribution in [3.8, 4) is 73.2 Å². The summed E-state index contributed by atoms with van der Waals surface area (Å²) in [5.74, 6) is 0.662. The van der Waals surface area contributed by atoms with Gasteiger partial charge in [-0.2, -0.15) is 5.10 Å². The molecule has 290 valence electrons. The number of benzene rings is 8. The molecule has 4 heterocycles. The van der Waals surface area contributed by atoms with Crippen LogP contribution in [0.25, 0.3) is 111 Å². The Hall–Kier alpha value is -8.41. The van der Waals surface area contributed by atoms with Gasteiger partial charge in [-0.25, -0.2) is 14.5 Å². The summed E-state index contributed by atoms with van der Waals surface area (Å²) in [5.41, 5.74) is 15.6. The summed E-state index contributed by atoms with van der Waals surface area (Å²) in [4.78, 5) is 10.5. The van der Waals surface area contributed by atoms with E-state index in [1.807, 2.05) is 6.07 Å². The molecular weight excluding hydrogens is 755 g/mol. The smallest absolute Gasteiger partial charge is 0.160 e. The SMILES string of the molecule is c1ccc(-c2cc(-c3ccc4c(c3)c3ccccc3n4-c3ccccc3)nc(-c3ccc(-c4nn5c(-c6ccccc6)cc6ccccc6c5c4-c4ccccc4)cc3)n2)cc1. The van der Waals surface area contributed by atoms with Crippen molar-refractivity contribution in [1.82, 2.24) is 24.1 Å². The number of hydrogen-bond acceptors (Lipinski definition) is 3. The third-order valence-electron chi connectivity index (χ3n) is 11.9. The highest BCUT2D eigenvalue weighted by molar-refractivity contribution is 6.11. The molecule has 0 spiro atoms. The van der Waals surface area contributed by atoms with Crippen LogP contribution in [0.1, 0.15) is 0 Å². The quantitative estimate of drug-likeness (QED) is 0.162. The van der Waals surface area contributed by atoms with Gasteiger partial charge in [0, 0.05) is 55.2 Å². The minimum Gasteiger partial charge on any atom is -0.309 e. The topological polar surface area (TPSA) is 48.0 Å². The van der Waals surface area contributed by atoms with Crippen molar-refractivity contribution in [2.24, 2.45) is 0 Å². The lowest BCUT2D eigenvalue weighted by Crippen LogP contribution is -1.96. The summed E-state index contributed by atoms with van der Waals surface area (Å²) in [6.45, 7) is 0. The number of aromatic nitrogens is 5. The van der Waals surface area contributed by atoms with Gasteiger partial charge in [-0.05, 0) is 53.4 Å². The summed E-state index contributed by atoms with van der Waals surface area (Å²) in [5, 5.41) is 10.2. The lowest BCUT2D eigenvalue weighted by atomic mass is 9.96. The molecule has 62 heavy (non-hydrogen) atoms. The highest BCUT2D eigenvalue weighted by atomic mass is 15.2.